The Hall–Kier alpha value is -3.35. The number of amides is 3. The molecule has 2 rings (SSSR count). The van der Waals surface area contributed by atoms with Crippen LogP contribution in [-0.4, -0.2) is 46.5 Å². The maximum atomic E-state index is 14.8. The molecular weight excluding hydrogens is 538 g/mol. The van der Waals surface area contributed by atoms with Crippen molar-refractivity contribution in [3.05, 3.63) is 71.3 Å². The molecule has 0 heterocycles. The number of rotatable bonds is 15. The van der Waals surface area contributed by atoms with Gasteiger partial charge in [0.2, 0.25) is 11.8 Å². The Morgan fingerprint density at radius 1 is 0.814 bits per heavy atom. The second-order valence-electron chi connectivity index (χ2n) is 13.2. The van der Waals surface area contributed by atoms with Gasteiger partial charge in [0, 0.05) is 18.5 Å². The largest absolute Gasteiger partial charge is 0.444 e. The second kappa shape index (κ2) is 17.1. The van der Waals surface area contributed by atoms with Gasteiger partial charge in [0.25, 0.3) is 0 Å². The highest BCUT2D eigenvalue weighted by Gasteiger charge is 2.39. The van der Waals surface area contributed by atoms with Crippen molar-refractivity contribution >= 4 is 17.9 Å². The van der Waals surface area contributed by atoms with Crippen molar-refractivity contribution in [1.82, 2.24) is 15.5 Å². The molecule has 0 fully saturated rings. The first kappa shape index (κ1) is 35.8. The number of nitrogens with zero attached hydrogens (tertiary/aromatic N) is 1. The molecule has 2 aromatic rings. The van der Waals surface area contributed by atoms with E-state index in [-0.39, 0.29) is 30.3 Å². The number of alkyl carbamates (subject to hydrolysis) is 1. The predicted octanol–water partition coefficient (Wildman–Crippen LogP) is 7.38. The van der Waals surface area contributed by atoms with Gasteiger partial charge in [-0.1, -0.05) is 88.7 Å². The molecule has 0 saturated carbocycles. The molecule has 4 atom stereocenters. The smallest absolute Gasteiger partial charge is 0.408 e. The average Bonchev–Trinajstić information content (AvgIpc) is 2.93. The Morgan fingerprint density at radius 3 is 1.98 bits per heavy atom. The van der Waals surface area contributed by atoms with Crippen LogP contribution >= 0.6 is 0 Å². The number of carbonyl (C=O) groups excluding carboxylic acids is 3. The summed E-state index contributed by atoms with van der Waals surface area (Å²) in [5, 5.41) is 6.04. The van der Waals surface area contributed by atoms with Gasteiger partial charge in [-0.2, -0.15) is 0 Å². The van der Waals surface area contributed by atoms with Gasteiger partial charge in [-0.15, -0.1) is 0 Å². The van der Waals surface area contributed by atoms with Crippen LogP contribution in [0.5, 0.6) is 0 Å². The zero-order valence-electron chi connectivity index (χ0n) is 27.9. The maximum Gasteiger partial charge on any atom is 0.408 e. The Bertz CT molecular complexity index is 1140. The molecule has 43 heavy (non-hydrogen) atoms. The van der Waals surface area contributed by atoms with Crippen LogP contribution in [0, 0.1) is 5.92 Å². The summed E-state index contributed by atoms with van der Waals surface area (Å²) >= 11 is 0. The molecule has 0 radical (unpaired) electrons. The van der Waals surface area contributed by atoms with Crippen molar-refractivity contribution in [2.75, 3.05) is 0 Å². The molecule has 0 aliphatic carbocycles. The summed E-state index contributed by atoms with van der Waals surface area (Å²) in [5.41, 5.74) is 2.07. The Kier molecular flexibility index (Phi) is 14.2. The fourth-order valence-electron chi connectivity index (χ4n) is 5.19. The van der Waals surface area contributed by atoms with Crippen LogP contribution < -0.4 is 10.6 Å². The van der Waals surface area contributed by atoms with Gasteiger partial charge in [-0.25, -0.2) is 4.79 Å². The molecule has 0 bridgehead atoms. The highest BCUT2D eigenvalue weighted by Crippen LogP contribution is 2.29. The lowest BCUT2D eigenvalue weighted by Crippen LogP contribution is -2.56. The van der Waals surface area contributed by atoms with Crippen molar-refractivity contribution in [1.29, 1.82) is 0 Å². The van der Waals surface area contributed by atoms with Crippen molar-refractivity contribution in [2.45, 2.75) is 131 Å². The Balaban J connectivity index is 2.65. The fourth-order valence-corrected chi connectivity index (χ4v) is 5.19. The van der Waals surface area contributed by atoms with Crippen molar-refractivity contribution < 1.29 is 19.1 Å². The normalized spacial score (nSPS) is 14.4. The highest BCUT2D eigenvalue weighted by molar-refractivity contribution is 5.92. The number of ether oxygens (including phenoxy) is 1. The number of benzene rings is 2. The van der Waals surface area contributed by atoms with Crippen LogP contribution in [0.4, 0.5) is 4.79 Å². The first-order valence-electron chi connectivity index (χ1n) is 16.0. The number of nitrogens with one attached hydrogen (secondary N) is 2. The molecule has 3 amide bonds. The molecule has 7 nitrogen and oxygen atoms in total. The van der Waals surface area contributed by atoms with Crippen molar-refractivity contribution in [3.8, 4) is 0 Å². The minimum Gasteiger partial charge on any atom is -0.444 e. The second-order valence-corrected chi connectivity index (χ2v) is 13.2. The van der Waals surface area contributed by atoms with E-state index in [0.717, 1.165) is 48.8 Å². The Labute approximate surface area is 260 Å². The lowest BCUT2D eigenvalue weighted by atomic mass is 9.95. The van der Waals surface area contributed by atoms with Gasteiger partial charge < -0.3 is 20.3 Å². The van der Waals surface area contributed by atoms with Crippen LogP contribution in [0.2, 0.25) is 0 Å². The number of aryl methyl sites for hydroxylation is 1. The summed E-state index contributed by atoms with van der Waals surface area (Å²) in [6.07, 6.45) is 3.85. The lowest BCUT2D eigenvalue weighted by molar-refractivity contribution is -0.145. The van der Waals surface area contributed by atoms with E-state index in [1.54, 1.807) is 25.7 Å². The summed E-state index contributed by atoms with van der Waals surface area (Å²) in [6, 6.07) is 15.5. The van der Waals surface area contributed by atoms with Gasteiger partial charge >= 0.3 is 6.09 Å². The van der Waals surface area contributed by atoms with E-state index in [0.29, 0.717) is 5.92 Å². The van der Waals surface area contributed by atoms with E-state index >= 15 is 0 Å². The summed E-state index contributed by atoms with van der Waals surface area (Å²) in [4.78, 5) is 43.7. The molecule has 2 N–H and O–H groups in total. The van der Waals surface area contributed by atoms with Crippen LogP contribution in [-0.2, 0) is 27.2 Å². The third-order valence-corrected chi connectivity index (χ3v) is 7.50. The van der Waals surface area contributed by atoms with Gasteiger partial charge in [-0.05, 0) is 82.9 Å². The first-order valence-corrected chi connectivity index (χ1v) is 16.0. The van der Waals surface area contributed by atoms with E-state index in [9.17, 15) is 14.4 Å². The Morgan fingerprint density at radius 2 is 1.44 bits per heavy atom. The topological polar surface area (TPSA) is 87.7 Å². The summed E-state index contributed by atoms with van der Waals surface area (Å²) in [5.74, 6) is -0.0976. The van der Waals surface area contributed by atoms with E-state index in [1.165, 1.54) is 0 Å². The number of hydrogen-bond donors (Lipinski definition) is 2. The standard InChI is InChI=1S/C36H55N3O4/c1-10-15-26(5)37-33(40)32(30-22-20-28(11-2)21-23-30)39(27(6)19-18-25(3)4)34(41)31(24-29-16-13-12-14-17-29)38-35(42)43-36(7,8)9/h12-14,16-17,20-23,25-27,31-32H,10-11,15,18-19,24H2,1-9H3,(H,37,40)(H,38,42). The quantitative estimate of drug-likeness (QED) is 0.225. The minimum absolute atomic E-state index is 0.0437. The van der Waals surface area contributed by atoms with Gasteiger partial charge in [0.05, 0.1) is 0 Å². The van der Waals surface area contributed by atoms with E-state index < -0.39 is 23.8 Å². The molecule has 0 aromatic heterocycles. The van der Waals surface area contributed by atoms with Crippen LogP contribution in [0.15, 0.2) is 54.6 Å². The number of hydrogen-bond acceptors (Lipinski definition) is 4. The zero-order valence-corrected chi connectivity index (χ0v) is 27.9. The van der Waals surface area contributed by atoms with Crippen LogP contribution in [0.1, 0.15) is 111 Å². The van der Waals surface area contributed by atoms with E-state index in [4.69, 9.17) is 4.74 Å². The monoisotopic (exact) mass is 593 g/mol. The minimum atomic E-state index is -0.933. The maximum absolute atomic E-state index is 14.8. The third kappa shape index (κ3) is 12.0. The molecule has 0 aliphatic heterocycles. The molecule has 0 aliphatic rings. The molecule has 0 spiro atoms. The van der Waals surface area contributed by atoms with Gasteiger partial charge in [-0.3, -0.25) is 9.59 Å². The predicted molar refractivity (Wildman–Crippen MR) is 175 cm³/mol. The van der Waals surface area contributed by atoms with Crippen LogP contribution in [0.25, 0.3) is 0 Å². The van der Waals surface area contributed by atoms with Gasteiger partial charge in [0.1, 0.15) is 17.7 Å². The molecular formula is C36H55N3O4. The van der Waals surface area contributed by atoms with E-state index in [1.807, 2.05) is 68.4 Å². The summed E-state index contributed by atoms with van der Waals surface area (Å²) in [6.45, 7) is 17.9. The summed E-state index contributed by atoms with van der Waals surface area (Å²) in [7, 11) is 0. The first-order chi connectivity index (χ1) is 20.2. The average molecular weight is 594 g/mol. The molecule has 4 unspecified atom stereocenters. The van der Waals surface area contributed by atoms with Gasteiger partial charge in [0.15, 0.2) is 0 Å². The van der Waals surface area contributed by atoms with E-state index in [2.05, 4.69) is 38.3 Å². The number of carbonyl (C=O) groups is 3. The SMILES string of the molecule is CCCC(C)NC(=O)C(c1ccc(CC)cc1)N(C(=O)C(Cc1ccccc1)NC(=O)OC(C)(C)C)C(C)CCC(C)C. The van der Waals surface area contributed by atoms with Crippen molar-refractivity contribution in [3.63, 3.8) is 0 Å². The van der Waals surface area contributed by atoms with Crippen LogP contribution in [0.3, 0.4) is 0 Å². The molecule has 2 aromatic carbocycles. The molecule has 238 valence electrons. The molecule has 0 saturated heterocycles. The third-order valence-electron chi connectivity index (χ3n) is 7.50. The lowest BCUT2D eigenvalue weighted by Gasteiger charge is -2.39. The summed E-state index contributed by atoms with van der Waals surface area (Å²) < 4.78 is 5.57. The van der Waals surface area contributed by atoms with Crippen molar-refractivity contribution in [2.24, 2.45) is 5.92 Å². The highest BCUT2D eigenvalue weighted by atomic mass is 16.6. The molecule has 7 heteroatoms. The zero-order chi connectivity index (χ0) is 32.2. The fraction of sp³-hybridized carbons (Fsp3) is 0.583.